The predicted octanol–water partition coefficient (Wildman–Crippen LogP) is 4.36. The van der Waals surface area contributed by atoms with Crippen molar-refractivity contribution in [1.82, 2.24) is 15.0 Å². The molecule has 0 aliphatic rings. The van der Waals surface area contributed by atoms with Gasteiger partial charge in [0.05, 0.1) is 0 Å². The van der Waals surface area contributed by atoms with Crippen molar-refractivity contribution < 1.29 is 8.78 Å². The Hall–Kier alpha value is -1.80. The molecule has 22 heavy (non-hydrogen) atoms. The zero-order valence-electron chi connectivity index (χ0n) is 11.6. The van der Waals surface area contributed by atoms with E-state index in [1.807, 2.05) is 6.26 Å². The fourth-order valence-electron chi connectivity index (χ4n) is 1.91. The van der Waals surface area contributed by atoms with Gasteiger partial charge in [-0.05, 0) is 11.8 Å². The first kappa shape index (κ1) is 15.1. The van der Waals surface area contributed by atoms with Gasteiger partial charge in [-0.25, -0.2) is 23.7 Å². The Morgan fingerprint density at radius 1 is 1.23 bits per heavy atom. The van der Waals surface area contributed by atoms with Gasteiger partial charge in [0.25, 0.3) is 6.43 Å². The number of fused-ring (bicyclic) bond motifs is 1. The van der Waals surface area contributed by atoms with Gasteiger partial charge in [-0.3, -0.25) is 0 Å². The highest BCUT2D eigenvalue weighted by Gasteiger charge is 2.10. The Balaban J connectivity index is 1.77. The first-order valence-electron chi connectivity index (χ1n) is 6.44. The lowest BCUT2D eigenvalue weighted by Crippen LogP contribution is -2.02. The molecule has 0 aliphatic heterocycles. The van der Waals surface area contributed by atoms with Crippen LogP contribution in [0.5, 0.6) is 0 Å². The number of hydrogen-bond donors (Lipinski definition) is 1. The molecular weight excluding hydrogens is 326 g/mol. The summed E-state index contributed by atoms with van der Waals surface area (Å²) in [7, 11) is 0. The largest absolute Gasteiger partial charge is 0.365 e. The van der Waals surface area contributed by atoms with Gasteiger partial charge in [-0.15, -0.1) is 11.3 Å². The smallest absolute Gasteiger partial charge is 0.263 e. The van der Waals surface area contributed by atoms with E-state index in [0.717, 1.165) is 14.6 Å². The normalized spacial score (nSPS) is 11.3. The topological polar surface area (TPSA) is 50.7 Å². The fourth-order valence-corrected chi connectivity index (χ4v) is 3.39. The lowest BCUT2D eigenvalue weighted by molar-refractivity contribution is 0.151. The van der Waals surface area contributed by atoms with Crippen LogP contribution in [0.2, 0.25) is 0 Å². The highest BCUT2D eigenvalue weighted by molar-refractivity contribution is 8.00. The minimum absolute atomic E-state index is 0.0280. The van der Waals surface area contributed by atoms with Gasteiger partial charge in [-0.2, -0.15) is 0 Å². The van der Waals surface area contributed by atoms with Gasteiger partial charge in [-0.1, -0.05) is 36.0 Å². The van der Waals surface area contributed by atoms with Crippen molar-refractivity contribution in [3.05, 3.63) is 41.7 Å². The zero-order chi connectivity index (χ0) is 15.5. The molecule has 0 radical (unpaired) electrons. The van der Waals surface area contributed by atoms with Crippen LogP contribution in [0.3, 0.4) is 0 Å². The summed E-state index contributed by atoms with van der Waals surface area (Å²) in [5.41, 5.74) is 1.60. The van der Waals surface area contributed by atoms with E-state index in [1.165, 1.54) is 29.8 Å². The quantitative estimate of drug-likeness (QED) is 0.701. The van der Waals surface area contributed by atoms with Gasteiger partial charge in [0.1, 0.15) is 16.8 Å². The molecule has 4 nitrogen and oxygen atoms in total. The third-order valence-electron chi connectivity index (χ3n) is 3.04. The standard InChI is InChI=1S/C14H12F2N4S2/c1-21-14-20-13-10(22-14)12(18-7-19-13)17-6-8-2-4-9(5-3-8)11(15)16/h2-5,7,11H,6H2,1H3,(H,17,18,19). The van der Waals surface area contributed by atoms with E-state index in [0.29, 0.717) is 18.0 Å². The molecule has 0 spiro atoms. The van der Waals surface area contributed by atoms with E-state index in [4.69, 9.17) is 0 Å². The molecule has 0 bridgehead atoms. The summed E-state index contributed by atoms with van der Waals surface area (Å²) in [6, 6.07) is 6.26. The first-order chi connectivity index (χ1) is 10.7. The lowest BCUT2D eigenvalue weighted by atomic mass is 10.1. The zero-order valence-corrected chi connectivity index (χ0v) is 13.2. The number of aromatic nitrogens is 3. The van der Waals surface area contributed by atoms with Crippen molar-refractivity contribution >= 4 is 39.3 Å². The number of alkyl halides is 2. The van der Waals surface area contributed by atoms with Crippen molar-refractivity contribution in [3.8, 4) is 0 Å². The van der Waals surface area contributed by atoms with Crippen LogP contribution in [-0.2, 0) is 6.54 Å². The average Bonchev–Trinajstić information content (AvgIpc) is 2.97. The van der Waals surface area contributed by atoms with Crippen LogP contribution in [0.4, 0.5) is 14.6 Å². The molecule has 0 saturated carbocycles. The molecule has 0 amide bonds. The molecule has 0 unspecified atom stereocenters. The molecule has 0 atom stereocenters. The highest BCUT2D eigenvalue weighted by atomic mass is 32.2. The monoisotopic (exact) mass is 338 g/mol. The second-order valence-corrected chi connectivity index (χ2v) is 6.51. The molecule has 8 heteroatoms. The number of rotatable bonds is 5. The van der Waals surface area contributed by atoms with E-state index in [-0.39, 0.29) is 5.56 Å². The summed E-state index contributed by atoms with van der Waals surface area (Å²) in [6.45, 7) is 0.502. The molecular formula is C14H12F2N4S2. The number of halogens is 2. The number of hydrogen-bond acceptors (Lipinski definition) is 6. The van der Waals surface area contributed by atoms with E-state index in [9.17, 15) is 8.78 Å². The van der Waals surface area contributed by atoms with Crippen LogP contribution in [0, 0.1) is 0 Å². The molecule has 0 saturated heterocycles. The van der Waals surface area contributed by atoms with Crippen molar-refractivity contribution in [2.45, 2.75) is 17.3 Å². The van der Waals surface area contributed by atoms with Crippen LogP contribution in [0.1, 0.15) is 17.6 Å². The summed E-state index contributed by atoms with van der Waals surface area (Å²) in [5.74, 6) is 0.709. The van der Waals surface area contributed by atoms with E-state index >= 15 is 0 Å². The SMILES string of the molecule is CSc1nc2ncnc(NCc3ccc(C(F)F)cc3)c2s1. The number of thioether (sulfide) groups is 1. The van der Waals surface area contributed by atoms with Crippen LogP contribution < -0.4 is 5.32 Å². The maximum Gasteiger partial charge on any atom is 0.263 e. The first-order valence-corrected chi connectivity index (χ1v) is 8.48. The van der Waals surface area contributed by atoms with Crippen molar-refractivity contribution in [3.63, 3.8) is 0 Å². The molecule has 1 N–H and O–H groups in total. The van der Waals surface area contributed by atoms with Gasteiger partial charge in [0.2, 0.25) is 0 Å². The van der Waals surface area contributed by atoms with Crippen LogP contribution in [0.25, 0.3) is 10.3 Å². The summed E-state index contributed by atoms with van der Waals surface area (Å²) in [4.78, 5) is 12.8. The van der Waals surface area contributed by atoms with Crippen LogP contribution in [-0.4, -0.2) is 21.2 Å². The molecule has 0 aliphatic carbocycles. The highest BCUT2D eigenvalue weighted by Crippen LogP contribution is 2.31. The minimum atomic E-state index is -2.44. The van der Waals surface area contributed by atoms with Crippen LogP contribution in [0.15, 0.2) is 34.9 Å². The van der Waals surface area contributed by atoms with Gasteiger partial charge >= 0.3 is 0 Å². The maximum absolute atomic E-state index is 12.5. The second-order valence-electron chi connectivity index (χ2n) is 4.45. The second kappa shape index (κ2) is 6.53. The molecule has 2 aromatic heterocycles. The predicted molar refractivity (Wildman–Crippen MR) is 85.7 cm³/mol. The maximum atomic E-state index is 12.5. The Kier molecular flexibility index (Phi) is 4.49. The van der Waals surface area contributed by atoms with Crippen molar-refractivity contribution in [1.29, 1.82) is 0 Å². The molecule has 114 valence electrons. The van der Waals surface area contributed by atoms with Crippen molar-refractivity contribution in [2.24, 2.45) is 0 Å². The molecule has 2 heterocycles. The average molecular weight is 338 g/mol. The summed E-state index contributed by atoms with van der Waals surface area (Å²) in [6.07, 6.45) is 0.989. The van der Waals surface area contributed by atoms with E-state index in [1.54, 1.807) is 23.9 Å². The molecule has 0 fully saturated rings. The lowest BCUT2D eigenvalue weighted by Gasteiger charge is -2.07. The minimum Gasteiger partial charge on any atom is -0.365 e. The Morgan fingerprint density at radius 2 is 2.00 bits per heavy atom. The van der Waals surface area contributed by atoms with Crippen molar-refractivity contribution in [2.75, 3.05) is 11.6 Å². The number of benzene rings is 1. The molecule has 1 aromatic carbocycles. The van der Waals surface area contributed by atoms with E-state index in [2.05, 4.69) is 20.3 Å². The number of anilines is 1. The number of nitrogens with one attached hydrogen (secondary N) is 1. The van der Waals surface area contributed by atoms with Gasteiger partial charge in [0, 0.05) is 12.1 Å². The third-order valence-corrected chi connectivity index (χ3v) is 5.07. The molecule has 3 rings (SSSR count). The third kappa shape index (κ3) is 3.17. The summed E-state index contributed by atoms with van der Waals surface area (Å²) < 4.78 is 26.9. The Bertz CT molecular complexity index is 774. The van der Waals surface area contributed by atoms with Gasteiger partial charge < -0.3 is 5.32 Å². The van der Waals surface area contributed by atoms with Crippen LogP contribution >= 0.6 is 23.1 Å². The Morgan fingerprint density at radius 3 is 2.68 bits per heavy atom. The molecule has 3 aromatic rings. The number of thiazole rings is 1. The summed E-state index contributed by atoms with van der Waals surface area (Å²) >= 11 is 3.09. The van der Waals surface area contributed by atoms with E-state index < -0.39 is 6.43 Å². The summed E-state index contributed by atoms with van der Waals surface area (Å²) in [5, 5.41) is 3.21. The fraction of sp³-hybridized carbons (Fsp3) is 0.214. The van der Waals surface area contributed by atoms with Gasteiger partial charge in [0.15, 0.2) is 9.99 Å². The number of nitrogens with zero attached hydrogens (tertiary/aromatic N) is 3. The Labute approximate surface area is 134 Å².